The highest BCUT2D eigenvalue weighted by molar-refractivity contribution is 6.77. The topological polar surface area (TPSA) is 84.9 Å². The average Bonchev–Trinajstić information content (AvgIpc) is 3.00. The number of ether oxygens (including phenoxy) is 2. The molecule has 1 aromatic carbocycles. The number of methoxy groups -OCH3 is 1. The number of nitrogens with zero attached hydrogens (tertiary/aromatic N) is 1. The van der Waals surface area contributed by atoms with Crippen LogP contribution in [-0.4, -0.2) is 61.8 Å². The Morgan fingerprint density at radius 2 is 1.86 bits per heavy atom. The number of amides is 2. The monoisotopic (exact) mass is 502 g/mol. The van der Waals surface area contributed by atoms with Crippen molar-refractivity contribution in [2.75, 3.05) is 19.0 Å². The fourth-order valence-electron chi connectivity index (χ4n) is 4.58. The number of fused-ring (bicyclic) bond motifs is 2. The summed E-state index contributed by atoms with van der Waals surface area (Å²) in [6.07, 6.45) is 0.575. The van der Waals surface area contributed by atoms with E-state index in [-0.39, 0.29) is 24.8 Å². The summed E-state index contributed by atoms with van der Waals surface area (Å²) in [5.41, 5.74) is 1.17. The van der Waals surface area contributed by atoms with E-state index in [0.29, 0.717) is 17.7 Å². The van der Waals surface area contributed by atoms with Crippen LogP contribution in [0.5, 0.6) is 0 Å². The Hall–Kier alpha value is -2.45. The molecule has 0 radical (unpaired) electrons. The lowest BCUT2D eigenvalue weighted by molar-refractivity contribution is -0.162. The molecule has 1 spiro atoms. The average molecular weight is 503 g/mol. The van der Waals surface area contributed by atoms with Crippen molar-refractivity contribution < 1.29 is 23.9 Å². The maximum Gasteiger partial charge on any atom is 0.326 e. The summed E-state index contributed by atoms with van der Waals surface area (Å²) in [6, 6.07) is 6.90. The molecule has 1 fully saturated rings. The number of esters is 1. The minimum Gasteiger partial charge on any atom is -0.459 e. The summed E-state index contributed by atoms with van der Waals surface area (Å²) < 4.78 is 10.6. The van der Waals surface area contributed by atoms with Crippen LogP contribution in [0, 0.1) is 0 Å². The van der Waals surface area contributed by atoms with Gasteiger partial charge >= 0.3 is 5.97 Å². The summed E-state index contributed by atoms with van der Waals surface area (Å²) in [4.78, 5) is 39.7. The molecule has 2 aliphatic rings. The Morgan fingerprint density at radius 1 is 1.26 bits per heavy atom. The number of para-hydroxylation sites is 1. The standard InChI is InChI=1S/C21H26N2O4.C6H16OSi/c1-13(2)18-21(14-8-6-7-9-15(14)22-19(21)26)11-10-16(24)23(18)12-17(25)27-20(3,4)5;1-6(7-2)8(3,4)5/h6-9,18H,1,10-12H2,2-5H3,(H,22,26);6H,1-5H3. The van der Waals surface area contributed by atoms with E-state index in [1.807, 2.05) is 24.3 Å². The number of anilines is 1. The number of piperidine rings is 1. The minimum absolute atomic E-state index is 0.154. The second-order valence-corrected chi connectivity index (χ2v) is 17.1. The number of carbonyl (C=O) groups excluding carboxylic acids is 3. The van der Waals surface area contributed by atoms with Crippen LogP contribution >= 0.6 is 0 Å². The number of likely N-dealkylation sites (tertiary alicyclic amines) is 1. The summed E-state index contributed by atoms with van der Waals surface area (Å²) in [5, 5.41) is 2.94. The van der Waals surface area contributed by atoms with Gasteiger partial charge in [0.2, 0.25) is 11.8 Å². The van der Waals surface area contributed by atoms with Gasteiger partial charge in [0.05, 0.1) is 14.1 Å². The Morgan fingerprint density at radius 3 is 2.34 bits per heavy atom. The van der Waals surface area contributed by atoms with E-state index in [9.17, 15) is 14.4 Å². The highest BCUT2D eigenvalue weighted by Crippen LogP contribution is 2.49. The van der Waals surface area contributed by atoms with Gasteiger partial charge in [-0.1, -0.05) is 50.0 Å². The molecule has 7 nitrogen and oxygen atoms in total. The Balaban J connectivity index is 0.000000466. The van der Waals surface area contributed by atoms with Crippen LogP contribution in [0.25, 0.3) is 0 Å². The molecule has 3 rings (SSSR count). The second kappa shape index (κ2) is 10.7. The minimum atomic E-state index is -0.983. The van der Waals surface area contributed by atoms with Crippen molar-refractivity contribution in [3.63, 3.8) is 0 Å². The predicted octanol–water partition coefficient (Wildman–Crippen LogP) is 4.68. The molecule has 0 aliphatic carbocycles. The quantitative estimate of drug-likeness (QED) is 0.359. The Kier molecular flexibility index (Phi) is 8.77. The maximum absolute atomic E-state index is 13.1. The lowest BCUT2D eigenvalue weighted by Gasteiger charge is -2.47. The van der Waals surface area contributed by atoms with Gasteiger partial charge in [0.15, 0.2) is 0 Å². The van der Waals surface area contributed by atoms with Gasteiger partial charge < -0.3 is 19.7 Å². The number of benzene rings is 1. The molecule has 1 N–H and O–H groups in total. The molecule has 1 aromatic rings. The van der Waals surface area contributed by atoms with Crippen molar-refractivity contribution in [3.8, 4) is 0 Å². The molecule has 3 atom stereocenters. The van der Waals surface area contributed by atoms with Crippen molar-refractivity contribution in [2.45, 2.75) is 89.9 Å². The van der Waals surface area contributed by atoms with Gasteiger partial charge in [-0.25, -0.2) is 0 Å². The van der Waals surface area contributed by atoms with Gasteiger partial charge in [0, 0.05) is 24.9 Å². The molecule has 0 saturated carbocycles. The molecule has 0 aromatic heterocycles. The first kappa shape index (κ1) is 28.8. The number of hydrogen-bond acceptors (Lipinski definition) is 5. The third-order valence-corrected chi connectivity index (χ3v) is 9.33. The van der Waals surface area contributed by atoms with E-state index in [2.05, 4.69) is 38.5 Å². The zero-order valence-corrected chi connectivity index (χ0v) is 23.8. The summed E-state index contributed by atoms with van der Waals surface area (Å²) in [5.74, 6) is -0.819. The molecule has 2 aliphatic heterocycles. The molecule has 3 unspecified atom stereocenters. The van der Waals surface area contributed by atoms with Crippen molar-refractivity contribution in [1.29, 1.82) is 0 Å². The zero-order chi connectivity index (χ0) is 26.8. The van der Waals surface area contributed by atoms with Crippen LogP contribution in [-0.2, 0) is 29.3 Å². The van der Waals surface area contributed by atoms with Gasteiger partial charge in [0.1, 0.15) is 17.6 Å². The fourth-order valence-corrected chi connectivity index (χ4v) is 5.29. The lowest BCUT2D eigenvalue weighted by Crippen LogP contribution is -2.61. The van der Waals surface area contributed by atoms with Crippen LogP contribution in [0.2, 0.25) is 19.6 Å². The van der Waals surface area contributed by atoms with E-state index < -0.39 is 31.1 Å². The van der Waals surface area contributed by atoms with Gasteiger partial charge in [-0.05, 0) is 52.7 Å². The summed E-state index contributed by atoms with van der Waals surface area (Å²) in [7, 11) is 0.798. The number of carbonyl (C=O) groups is 3. The number of nitrogens with one attached hydrogen (secondary N) is 1. The molecule has 1 saturated heterocycles. The molecule has 2 amide bonds. The highest BCUT2D eigenvalue weighted by atomic mass is 28.3. The molecule has 2 heterocycles. The van der Waals surface area contributed by atoms with Crippen molar-refractivity contribution in [1.82, 2.24) is 4.90 Å². The molecular formula is C27H42N2O5Si. The van der Waals surface area contributed by atoms with Gasteiger partial charge in [0.25, 0.3) is 0 Å². The summed E-state index contributed by atoms with van der Waals surface area (Å²) in [6.45, 7) is 20.0. The first-order chi connectivity index (χ1) is 16.0. The SMILES string of the molecule is C=C(C)C1N(CC(=O)OC(C)(C)C)C(=O)CCC12C(=O)Nc1ccccc12.COC(C)[Si](C)(C)C. The van der Waals surface area contributed by atoms with Crippen LogP contribution in [0.1, 0.15) is 53.0 Å². The van der Waals surface area contributed by atoms with E-state index in [4.69, 9.17) is 9.47 Å². The first-order valence-electron chi connectivity index (χ1n) is 12.1. The maximum atomic E-state index is 13.1. The second-order valence-electron chi connectivity index (χ2n) is 11.6. The molecule has 0 bridgehead atoms. The normalized spacial score (nSPS) is 22.7. The molecular weight excluding hydrogens is 460 g/mol. The van der Waals surface area contributed by atoms with Crippen LogP contribution in [0.4, 0.5) is 5.69 Å². The van der Waals surface area contributed by atoms with Crippen LogP contribution in [0.3, 0.4) is 0 Å². The van der Waals surface area contributed by atoms with E-state index >= 15 is 0 Å². The van der Waals surface area contributed by atoms with Crippen molar-refractivity contribution >= 4 is 31.5 Å². The van der Waals surface area contributed by atoms with E-state index in [0.717, 1.165) is 11.3 Å². The van der Waals surface area contributed by atoms with Crippen molar-refractivity contribution in [2.24, 2.45) is 0 Å². The molecule has 194 valence electrons. The predicted molar refractivity (Wildman–Crippen MR) is 142 cm³/mol. The van der Waals surface area contributed by atoms with Crippen LogP contribution in [0.15, 0.2) is 36.4 Å². The third kappa shape index (κ3) is 6.41. The lowest BCUT2D eigenvalue weighted by atomic mass is 9.67. The van der Waals surface area contributed by atoms with E-state index in [1.165, 1.54) is 4.90 Å². The number of rotatable bonds is 5. The Bertz CT molecular complexity index is 979. The smallest absolute Gasteiger partial charge is 0.326 e. The van der Waals surface area contributed by atoms with Gasteiger partial charge in [-0.3, -0.25) is 14.4 Å². The van der Waals surface area contributed by atoms with Gasteiger partial charge in [-0.2, -0.15) is 0 Å². The van der Waals surface area contributed by atoms with Crippen LogP contribution < -0.4 is 5.32 Å². The fraction of sp³-hybridized carbons (Fsp3) is 0.593. The number of hydrogen-bond donors (Lipinski definition) is 1. The van der Waals surface area contributed by atoms with E-state index in [1.54, 1.807) is 34.8 Å². The van der Waals surface area contributed by atoms with Gasteiger partial charge in [-0.15, -0.1) is 0 Å². The summed E-state index contributed by atoms with van der Waals surface area (Å²) >= 11 is 0. The Labute approximate surface area is 211 Å². The largest absolute Gasteiger partial charge is 0.459 e. The highest BCUT2D eigenvalue weighted by Gasteiger charge is 2.57. The third-order valence-electron chi connectivity index (χ3n) is 6.65. The molecule has 35 heavy (non-hydrogen) atoms. The van der Waals surface area contributed by atoms with Crippen molar-refractivity contribution in [3.05, 3.63) is 42.0 Å². The molecule has 8 heteroatoms. The zero-order valence-electron chi connectivity index (χ0n) is 22.8. The first-order valence-corrected chi connectivity index (χ1v) is 15.7.